The number of nitrogens with one attached hydrogen (secondary N) is 1. The molecule has 0 aromatic carbocycles. The number of hydrogen-bond acceptors (Lipinski definition) is 10. The number of amides is 1. The lowest BCUT2D eigenvalue weighted by atomic mass is 9.98. The van der Waals surface area contributed by atoms with Crippen LogP contribution in [0.25, 0.3) is 0 Å². The van der Waals surface area contributed by atoms with Crippen molar-refractivity contribution < 1.29 is 50.0 Å². The molecule has 358 valence electrons. The fourth-order valence-electron chi connectivity index (χ4n) is 7.74. The highest BCUT2D eigenvalue weighted by Crippen LogP contribution is 2.23. The van der Waals surface area contributed by atoms with E-state index >= 15 is 0 Å². The molecule has 0 radical (unpaired) electrons. The molecule has 1 amide bonds. The second-order valence-electron chi connectivity index (χ2n) is 17.5. The van der Waals surface area contributed by atoms with E-state index in [0.29, 0.717) is 19.3 Å². The van der Waals surface area contributed by atoms with Crippen LogP contribution < -0.4 is 5.32 Å². The Kier molecular flexibility index (Phi) is 37.5. The van der Waals surface area contributed by atoms with Crippen molar-refractivity contribution in [3.8, 4) is 0 Å². The third-order valence-corrected chi connectivity index (χ3v) is 11.9. The molecule has 1 aliphatic heterocycles. The van der Waals surface area contributed by atoms with E-state index in [0.717, 1.165) is 57.8 Å². The van der Waals surface area contributed by atoms with Crippen LogP contribution in [-0.2, 0) is 14.3 Å². The SMILES string of the molecule is CCCCCC/C=C/CC/C=C/CCCC(O)C(O)C(COC1OC(CO)C(O)C(O)C1O)NC(=O)C(O)CCCCCCCC/C=C\CCCCCCCCCCCCC. The minimum atomic E-state index is -1.67. The molecular weight excluding hydrogens is 775 g/mol. The Morgan fingerprint density at radius 3 is 1.48 bits per heavy atom. The van der Waals surface area contributed by atoms with Crippen molar-refractivity contribution in [2.24, 2.45) is 0 Å². The van der Waals surface area contributed by atoms with Gasteiger partial charge in [0.2, 0.25) is 5.91 Å². The minimum absolute atomic E-state index is 0.244. The van der Waals surface area contributed by atoms with Gasteiger partial charge in [0.25, 0.3) is 0 Å². The predicted molar refractivity (Wildman–Crippen MR) is 247 cm³/mol. The maximum atomic E-state index is 13.1. The van der Waals surface area contributed by atoms with E-state index in [9.17, 15) is 40.5 Å². The van der Waals surface area contributed by atoms with Gasteiger partial charge in [-0.2, -0.15) is 0 Å². The van der Waals surface area contributed by atoms with E-state index in [1.165, 1.54) is 103 Å². The lowest BCUT2D eigenvalue weighted by Crippen LogP contribution is -2.60. The Hall–Kier alpha value is -1.67. The van der Waals surface area contributed by atoms with Crippen LogP contribution in [0.5, 0.6) is 0 Å². The first-order chi connectivity index (χ1) is 29.7. The van der Waals surface area contributed by atoms with Crippen LogP contribution in [0.2, 0.25) is 0 Å². The van der Waals surface area contributed by atoms with Gasteiger partial charge in [-0.1, -0.05) is 166 Å². The number of hydrogen-bond donors (Lipinski definition) is 8. The molecule has 11 nitrogen and oxygen atoms in total. The van der Waals surface area contributed by atoms with Crippen LogP contribution in [0.4, 0.5) is 0 Å². The van der Waals surface area contributed by atoms with Crippen LogP contribution in [0.15, 0.2) is 36.5 Å². The molecule has 0 bridgehead atoms. The summed E-state index contributed by atoms with van der Waals surface area (Å²) in [6.45, 7) is 3.40. The van der Waals surface area contributed by atoms with Crippen LogP contribution in [0.3, 0.4) is 0 Å². The van der Waals surface area contributed by atoms with E-state index in [1.54, 1.807) is 0 Å². The first-order valence-electron chi connectivity index (χ1n) is 24.9. The molecule has 9 unspecified atom stereocenters. The average molecular weight is 868 g/mol. The van der Waals surface area contributed by atoms with Crippen LogP contribution in [0.1, 0.15) is 206 Å². The highest BCUT2D eigenvalue weighted by molar-refractivity contribution is 5.80. The molecule has 9 atom stereocenters. The Balaban J connectivity index is 2.41. The molecule has 0 saturated carbocycles. The van der Waals surface area contributed by atoms with E-state index in [1.807, 2.05) is 0 Å². The normalized spacial score (nSPS) is 21.8. The van der Waals surface area contributed by atoms with Gasteiger partial charge >= 0.3 is 0 Å². The summed E-state index contributed by atoms with van der Waals surface area (Å²) in [5.74, 6) is -0.716. The van der Waals surface area contributed by atoms with Gasteiger partial charge in [-0.15, -0.1) is 0 Å². The molecule has 0 aliphatic carbocycles. The Bertz CT molecular complexity index is 1090. The second-order valence-corrected chi connectivity index (χ2v) is 17.5. The topological polar surface area (TPSA) is 189 Å². The number of ether oxygens (including phenoxy) is 2. The van der Waals surface area contributed by atoms with Crippen molar-refractivity contribution in [3.05, 3.63) is 36.5 Å². The van der Waals surface area contributed by atoms with Gasteiger partial charge < -0.3 is 50.5 Å². The van der Waals surface area contributed by atoms with Gasteiger partial charge in [0, 0.05) is 0 Å². The summed E-state index contributed by atoms with van der Waals surface area (Å²) in [5, 5.41) is 75.7. The third kappa shape index (κ3) is 29.4. The largest absolute Gasteiger partial charge is 0.394 e. The van der Waals surface area contributed by atoms with Gasteiger partial charge in [0.1, 0.15) is 36.6 Å². The monoisotopic (exact) mass is 868 g/mol. The lowest BCUT2D eigenvalue weighted by Gasteiger charge is -2.40. The smallest absolute Gasteiger partial charge is 0.249 e. The molecule has 1 fully saturated rings. The zero-order valence-corrected chi connectivity index (χ0v) is 38.6. The van der Waals surface area contributed by atoms with Crippen molar-refractivity contribution in [1.29, 1.82) is 0 Å². The molecular formula is C50H93NO10. The van der Waals surface area contributed by atoms with Crippen molar-refractivity contribution in [2.45, 2.75) is 262 Å². The summed E-state index contributed by atoms with van der Waals surface area (Å²) in [7, 11) is 0. The maximum absolute atomic E-state index is 13.1. The van der Waals surface area contributed by atoms with Gasteiger partial charge in [-0.3, -0.25) is 4.79 Å². The Morgan fingerprint density at radius 1 is 0.557 bits per heavy atom. The number of carbonyl (C=O) groups is 1. The van der Waals surface area contributed by atoms with Crippen molar-refractivity contribution in [1.82, 2.24) is 5.32 Å². The molecule has 11 heteroatoms. The number of allylic oxidation sites excluding steroid dienone is 6. The summed E-state index contributed by atoms with van der Waals surface area (Å²) in [4.78, 5) is 13.1. The number of aliphatic hydroxyl groups excluding tert-OH is 7. The zero-order chi connectivity index (χ0) is 44.8. The van der Waals surface area contributed by atoms with E-state index in [4.69, 9.17) is 9.47 Å². The molecule has 1 saturated heterocycles. The van der Waals surface area contributed by atoms with Gasteiger partial charge in [0.05, 0.1) is 25.4 Å². The third-order valence-electron chi connectivity index (χ3n) is 11.9. The fourth-order valence-corrected chi connectivity index (χ4v) is 7.74. The molecule has 1 heterocycles. The van der Waals surface area contributed by atoms with E-state index < -0.39 is 74.2 Å². The second kappa shape index (κ2) is 39.9. The maximum Gasteiger partial charge on any atom is 0.249 e. The van der Waals surface area contributed by atoms with Crippen LogP contribution >= 0.6 is 0 Å². The fraction of sp³-hybridized carbons (Fsp3) is 0.860. The van der Waals surface area contributed by atoms with Gasteiger partial charge in [-0.05, 0) is 77.0 Å². The van der Waals surface area contributed by atoms with E-state index in [2.05, 4.69) is 55.6 Å². The highest BCUT2D eigenvalue weighted by atomic mass is 16.7. The number of aliphatic hydroxyl groups is 7. The molecule has 1 rings (SSSR count). The summed E-state index contributed by atoms with van der Waals surface area (Å²) in [6.07, 6.45) is 34.8. The molecule has 1 aliphatic rings. The average Bonchev–Trinajstić information content (AvgIpc) is 3.26. The summed E-state index contributed by atoms with van der Waals surface area (Å²) >= 11 is 0. The van der Waals surface area contributed by atoms with Crippen molar-refractivity contribution in [3.63, 3.8) is 0 Å². The molecule has 8 N–H and O–H groups in total. The lowest BCUT2D eigenvalue weighted by molar-refractivity contribution is -0.303. The first kappa shape index (κ1) is 57.3. The Morgan fingerprint density at radius 2 is 0.984 bits per heavy atom. The zero-order valence-electron chi connectivity index (χ0n) is 38.6. The highest BCUT2D eigenvalue weighted by Gasteiger charge is 2.44. The number of unbranched alkanes of at least 4 members (excludes halogenated alkanes) is 23. The summed E-state index contributed by atoms with van der Waals surface area (Å²) < 4.78 is 11.1. The van der Waals surface area contributed by atoms with Gasteiger partial charge in [0.15, 0.2) is 6.29 Å². The summed E-state index contributed by atoms with van der Waals surface area (Å²) in [6, 6.07) is -1.19. The number of carbonyl (C=O) groups excluding carboxylic acids is 1. The number of rotatable bonds is 41. The summed E-state index contributed by atoms with van der Waals surface area (Å²) in [5.41, 5.74) is 0. The molecule has 0 aromatic rings. The van der Waals surface area contributed by atoms with E-state index in [-0.39, 0.29) is 12.8 Å². The van der Waals surface area contributed by atoms with Gasteiger partial charge in [-0.25, -0.2) is 0 Å². The van der Waals surface area contributed by atoms with Crippen LogP contribution in [-0.4, -0.2) is 110 Å². The predicted octanol–water partition coefficient (Wildman–Crippen LogP) is 8.78. The minimum Gasteiger partial charge on any atom is -0.394 e. The van der Waals surface area contributed by atoms with Crippen molar-refractivity contribution in [2.75, 3.05) is 13.2 Å². The van der Waals surface area contributed by atoms with Crippen molar-refractivity contribution >= 4 is 5.91 Å². The quantitative estimate of drug-likeness (QED) is 0.0218. The molecule has 61 heavy (non-hydrogen) atoms. The standard InChI is InChI=1S/C50H93NO10/c1-3-5-7-9-11-13-15-17-18-19-20-21-22-23-24-26-28-30-32-34-36-38-43(54)49(59)51-41(40-60-50-48(58)47(57)46(56)44(39-52)61-50)45(55)42(53)37-35-33-31-29-27-25-16-14-12-10-8-6-4-2/h14,16,22-23,29,31,41-48,50,52-58H,3-13,15,17-21,24-28,30,32-40H2,1-2H3,(H,51,59)/b16-14+,23-22-,31-29+. The van der Waals surface area contributed by atoms with Crippen LogP contribution in [0, 0.1) is 0 Å². The Labute approximate surface area is 371 Å². The molecule has 0 spiro atoms. The molecule has 0 aromatic heterocycles. The first-order valence-corrected chi connectivity index (χ1v) is 24.9.